The first-order chi connectivity index (χ1) is 21.5. The van der Waals surface area contributed by atoms with Gasteiger partial charge in [-0.2, -0.15) is 4.98 Å². The monoisotopic (exact) mass is 625 g/mol. The molecule has 0 spiro atoms. The minimum absolute atomic E-state index is 0.212. The summed E-state index contributed by atoms with van der Waals surface area (Å²) in [6.07, 6.45) is 6.99. The van der Waals surface area contributed by atoms with Crippen molar-refractivity contribution in [3.63, 3.8) is 0 Å². The maximum absolute atomic E-state index is 11.9. The number of amides is 1. The van der Waals surface area contributed by atoms with E-state index in [1.165, 1.54) is 25.7 Å². The number of aromatic nitrogens is 4. The summed E-state index contributed by atoms with van der Waals surface area (Å²) in [5.74, 6) is 3.15. The number of hydrogen-bond donors (Lipinski definition) is 2. The van der Waals surface area contributed by atoms with Crippen molar-refractivity contribution in [1.82, 2.24) is 30.3 Å². The molecule has 236 valence electrons. The van der Waals surface area contributed by atoms with Crippen LogP contribution in [0.2, 0.25) is 5.02 Å². The molecule has 3 unspecified atom stereocenters. The van der Waals surface area contributed by atoms with Gasteiger partial charge in [-0.05, 0) is 62.1 Å². The van der Waals surface area contributed by atoms with Crippen molar-refractivity contribution in [1.29, 1.82) is 0 Å². The zero-order valence-corrected chi connectivity index (χ0v) is 26.0. The summed E-state index contributed by atoms with van der Waals surface area (Å²) in [5.41, 5.74) is 5.55. The number of rotatable bonds is 9. The van der Waals surface area contributed by atoms with Crippen LogP contribution in [0.5, 0.6) is 5.75 Å². The van der Waals surface area contributed by atoms with Crippen LogP contribution in [-0.2, 0) is 20.9 Å². The molecule has 13 heteroatoms. The fourth-order valence-electron chi connectivity index (χ4n) is 7.14. The molecular formula is C31H40ClN7O5. The van der Waals surface area contributed by atoms with Crippen molar-refractivity contribution < 1.29 is 23.8 Å². The molecule has 0 radical (unpaired) electrons. The number of morpholine rings is 1. The van der Waals surface area contributed by atoms with E-state index in [0.717, 1.165) is 55.3 Å². The quantitative estimate of drug-likeness (QED) is 0.314. The number of imidazole rings is 1. The molecule has 44 heavy (non-hydrogen) atoms. The Kier molecular flexibility index (Phi) is 8.50. The van der Waals surface area contributed by atoms with Gasteiger partial charge >= 0.3 is 6.09 Å². The van der Waals surface area contributed by atoms with Crippen molar-refractivity contribution >= 4 is 34.8 Å². The number of hydrogen-bond acceptors (Lipinski definition) is 10. The van der Waals surface area contributed by atoms with Crippen LogP contribution >= 0.6 is 11.6 Å². The summed E-state index contributed by atoms with van der Waals surface area (Å²) in [5, 5.41) is 3.25. The number of carbonyl (C=O) groups excluding carboxylic acids is 1. The fourth-order valence-corrected chi connectivity index (χ4v) is 7.37. The minimum atomic E-state index is -0.724. The summed E-state index contributed by atoms with van der Waals surface area (Å²) >= 11 is 6.66. The van der Waals surface area contributed by atoms with Crippen molar-refractivity contribution in [2.24, 2.45) is 11.8 Å². The Morgan fingerprint density at radius 3 is 2.73 bits per heavy atom. The fraction of sp³-hybridized carbons (Fsp3) is 0.613. The van der Waals surface area contributed by atoms with Gasteiger partial charge in [-0.3, -0.25) is 5.32 Å². The van der Waals surface area contributed by atoms with Crippen LogP contribution in [0.1, 0.15) is 63.9 Å². The van der Waals surface area contributed by atoms with E-state index in [0.29, 0.717) is 53.7 Å². The Hall–Kier alpha value is -3.19. The highest BCUT2D eigenvalue weighted by atomic mass is 35.5. The van der Waals surface area contributed by atoms with E-state index in [2.05, 4.69) is 27.2 Å². The summed E-state index contributed by atoms with van der Waals surface area (Å²) in [6.45, 7) is 5.45. The van der Waals surface area contributed by atoms with E-state index >= 15 is 0 Å². The Bertz CT molecular complexity index is 1510. The number of nitrogens with one attached hydrogen (secondary N) is 2. The van der Waals surface area contributed by atoms with Gasteiger partial charge in [-0.15, -0.1) is 5.48 Å². The van der Waals surface area contributed by atoms with Gasteiger partial charge in [0.2, 0.25) is 5.95 Å². The number of nitrogens with zero attached hydrogens (tertiary/aromatic N) is 5. The van der Waals surface area contributed by atoms with Gasteiger partial charge in [0.15, 0.2) is 17.6 Å². The van der Waals surface area contributed by atoms with Crippen LogP contribution in [0.25, 0.3) is 22.4 Å². The molecule has 2 aromatic heterocycles. The van der Waals surface area contributed by atoms with E-state index in [4.69, 9.17) is 45.6 Å². The molecule has 7 rings (SSSR count). The number of carbonyl (C=O) groups is 1. The number of hydroxylamine groups is 1. The van der Waals surface area contributed by atoms with E-state index in [9.17, 15) is 4.79 Å². The largest absolute Gasteiger partial charge is 0.491 e. The summed E-state index contributed by atoms with van der Waals surface area (Å²) in [6, 6.07) is 5.88. The molecule has 4 heterocycles. The molecule has 2 aliphatic carbocycles. The van der Waals surface area contributed by atoms with Crippen LogP contribution in [0.15, 0.2) is 18.2 Å². The number of benzene rings is 1. The summed E-state index contributed by atoms with van der Waals surface area (Å²) in [4.78, 5) is 34.5. The van der Waals surface area contributed by atoms with E-state index < -0.39 is 12.3 Å². The Morgan fingerprint density at radius 1 is 1.07 bits per heavy atom. The van der Waals surface area contributed by atoms with Gasteiger partial charge in [0, 0.05) is 30.8 Å². The molecule has 1 aromatic carbocycles. The molecule has 4 aliphatic rings. The molecule has 2 aliphatic heterocycles. The molecular weight excluding hydrogens is 586 g/mol. The third kappa shape index (κ3) is 5.92. The average Bonchev–Trinajstić information content (AvgIpc) is 3.76. The van der Waals surface area contributed by atoms with Crippen LogP contribution in [0.3, 0.4) is 0 Å². The number of fused-ring (bicyclic) bond motifs is 2. The molecule has 12 nitrogen and oxygen atoms in total. The van der Waals surface area contributed by atoms with E-state index in [1.54, 1.807) is 13.2 Å². The van der Waals surface area contributed by atoms with Gasteiger partial charge in [-0.1, -0.05) is 31.4 Å². The SMILES string of the molecule is COCCOc1cc(Cl)cc(-c2nc(C3NOC(=O)N3)nc3nc(N4CCOC5CCCC54)n(CC4CCC(C)CC4)c23)c1. The van der Waals surface area contributed by atoms with Gasteiger partial charge in [0.25, 0.3) is 0 Å². The Balaban J connectivity index is 1.40. The second-order valence-corrected chi connectivity index (χ2v) is 12.9. The minimum Gasteiger partial charge on any atom is -0.491 e. The number of ether oxygens (including phenoxy) is 3. The maximum atomic E-state index is 11.9. The average molecular weight is 626 g/mol. The van der Waals surface area contributed by atoms with Crippen molar-refractivity contribution in [2.75, 3.05) is 38.4 Å². The lowest BCUT2D eigenvalue weighted by molar-refractivity contribution is 0.0247. The lowest BCUT2D eigenvalue weighted by atomic mass is 9.83. The number of methoxy groups -OCH3 is 1. The molecule has 2 N–H and O–H groups in total. The Morgan fingerprint density at radius 2 is 1.93 bits per heavy atom. The van der Waals surface area contributed by atoms with Crippen molar-refractivity contribution in [3.05, 3.63) is 29.0 Å². The van der Waals surface area contributed by atoms with E-state index in [1.807, 2.05) is 12.1 Å². The van der Waals surface area contributed by atoms with Crippen molar-refractivity contribution in [2.45, 2.75) is 76.7 Å². The summed E-state index contributed by atoms with van der Waals surface area (Å²) < 4.78 is 19.7. The third-order valence-corrected chi connectivity index (χ3v) is 9.62. The highest BCUT2D eigenvalue weighted by molar-refractivity contribution is 6.31. The molecule has 2 saturated heterocycles. The maximum Gasteiger partial charge on any atom is 0.427 e. The van der Waals surface area contributed by atoms with Crippen LogP contribution in [-0.4, -0.2) is 71.2 Å². The predicted octanol–water partition coefficient (Wildman–Crippen LogP) is 5.00. The van der Waals surface area contributed by atoms with Gasteiger partial charge in [0.1, 0.15) is 23.6 Å². The van der Waals surface area contributed by atoms with Crippen molar-refractivity contribution in [3.8, 4) is 17.0 Å². The smallest absolute Gasteiger partial charge is 0.427 e. The second kappa shape index (κ2) is 12.7. The lowest BCUT2D eigenvalue weighted by Crippen LogP contribution is -2.49. The second-order valence-electron chi connectivity index (χ2n) is 12.5. The van der Waals surface area contributed by atoms with E-state index in [-0.39, 0.29) is 12.1 Å². The molecule has 0 bridgehead atoms. The highest BCUT2D eigenvalue weighted by Gasteiger charge is 2.39. The van der Waals surface area contributed by atoms with Gasteiger partial charge in [0.05, 0.1) is 25.4 Å². The van der Waals surface area contributed by atoms with Gasteiger partial charge < -0.3 is 28.5 Å². The lowest BCUT2D eigenvalue weighted by Gasteiger charge is -2.39. The highest BCUT2D eigenvalue weighted by Crippen LogP contribution is 2.40. The number of anilines is 1. The summed E-state index contributed by atoms with van der Waals surface area (Å²) in [7, 11) is 1.64. The molecule has 4 fully saturated rings. The molecule has 3 aromatic rings. The first-order valence-electron chi connectivity index (χ1n) is 15.8. The Labute approximate surface area is 261 Å². The molecule has 1 amide bonds. The molecule has 2 saturated carbocycles. The number of halogens is 1. The predicted molar refractivity (Wildman–Crippen MR) is 164 cm³/mol. The normalized spacial score (nSPS) is 26.9. The topological polar surface area (TPSA) is 125 Å². The standard InChI is InChI=1S/C31H40ClN7O5/c1-18-6-8-19(9-7-18)17-39-26-25(20-14-21(32)16-22(15-20)42-13-12-41-2)33-28(29-36-31(40)44-37-29)34-27(26)35-30(39)38-10-11-43-24-5-3-4-23(24)38/h14-16,18-19,23-24,29,37H,3-13,17H2,1-2H3,(H,36,40). The van der Waals surface area contributed by atoms with Crippen LogP contribution < -0.4 is 20.4 Å². The first-order valence-corrected chi connectivity index (χ1v) is 16.2. The van der Waals surface area contributed by atoms with Gasteiger partial charge in [-0.25, -0.2) is 14.8 Å². The van der Waals surface area contributed by atoms with Crippen LogP contribution in [0, 0.1) is 11.8 Å². The molecule has 3 atom stereocenters. The third-order valence-electron chi connectivity index (χ3n) is 9.41. The first kappa shape index (κ1) is 29.5. The zero-order valence-electron chi connectivity index (χ0n) is 25.3. The van der Waals surface area contributed by atoms with Crippen LogP contribution in [0.4, 0.5) is 10.7 Å². The zero-order chi connectivity index (χ0) is 30.2.